The minimum Gasteiger partial charge on any atom is -0.491 e. The normalized spacial score (nSPS) is 12.3. The van der Waals surface area contributed by atoms with Crippen LogP contribution in [0.15, 0.2) is 22.7 Å². The van der Waals surface area contributed by atoms with Gasteiger partial charge < -0.3 is 15.4 Å². The Morgan fingerprint density at radius 1 is 1.32 bits per heavy atom. The second-order valence-corrected chi connectivity index (χ2v) is 5.71. The standard InChI is InChI=1S/C14H21BrN2O2/c1-9(2)19-13-6-11(15)5-12(7-13)17-14(18)10(3)8-16-4/h5-7,9-10,16H,8H2,1-4H3,(H,17,18). The first-order valence-electron chi connectivity index (χ1n) is 6.35. The minimum atomic E-state index is -0.0848. The lowest BCUT2D eigenvalue weighted by molar-refractivity contribution is -0.119. The molecule has 0 heterocycles. The fourth-order valence-corrected chi connectivity index (χ4v) is 2.11. The van der Waals surface area contributed by atoms with Gasteiger partial charge in [0.05, 0.1) is 6.10 Å². The van der Waals surface area contributed by atoms with Crippen LogP contribution in [0.4, 0.5) is 5.69 Å². The number of nitrogens with one attached hydrogen (secondary N) is 2. The van der Waals surface area contributed by atoms with E-state index in [4.69, 9.17) is 4.74 Å². The van der Waals surface area contributed by atoms with E-state index in [9.17, 15) is 4.79 Å². The number of ether oxygens (including phenoxy) is 1. The molecule has 4 nitrogen and oxygen atoms in total. The van der Waals surface area contributed by atoms with E-state index >= 15 is 0 Å². The third kappa shape index (κ3) is 5.61. The van der Waals surface area contributed by atoms with E-state index in [2.05, 4.69) is 26.6 Å². The van der Waals surface area contributed by atoms with Gasteiger partial charge in [-0.1, -0.05) is 22.9 Å². The van der Waals surface area contributed by atoms with Gasteiger partial charge in [-0.3, -0.25) is 4.79 Å². The Kier molecular flexibility index (Phi) is 6.31. The summed E-state index contributed by atoms with van der Waals surface area (Å²) in [6.07, 6.45) is 0.0982. The van der Waals surface area contributed by atoms with Crippen LogP contribution in [-0.4, -0.2) is 25.6 Å². The molecule has 0 saturated carbocycles. The Balaban J connectivity index is 2.77. The van der Waals surface area contributed by atoms with Crippen LogP contribution >= 0.6 is 15.9 Å². The van der Waals surface area contributed by atoms with Gasteiger partial charge in [0.15, 0.2) is 0 Å². The average molecular weight is 329 g/mol. The molecule has 0 fully saturated rings. The summed E-state index contributed by atoms with van der Waals surface area (Å²) in [5.74, 6) is 0.641. The number of carbonyl (C=O) groups excluding carboxylic acids is 1. The number of rotatable bonds is 6. The maximum Gasteiger partial charge on any atom is 0.228 e. The van der Waals surface area contributed by atoms with Crippen LogP contribution in [0.2, 0.25) is 0 Å². The molecule has 0 aliphatic rings. The molecule has 0 aromatic heterocycles. The fraction of sp³-hybridized carbons (Fsp3) is 0.500. The second-order valence-electron chi connectivity index (χ2n) is 4.79. The lowest BCUT2D eigenvalue weighted by atomic mass is 10.1. The first kappa shape index (κ1) is 16.0. The molecule has 5 heteroatoms. The Labute approximate surface area is 123 Å². The Bertz CT molecular complexity index is 435. The molecule has 106 valence electrons. The highest BCUT2D eigenvalue weighted by Crippen LogP contribution is 2.25. The van der Waals surface area contributed by atoms with Gasteiger partial charge in [-0.2, -0.15) is 0 Å². The van der Waals surface area contributed by atoms with Crippen molar-refractivity contribution in [3.63, 3.8) is 0 Å². The number of carbonyl (C=O) groups is 1. The number of hydrogen-bond donors (Lipinski definition) is 2. The number of amides is 1. The first-order valence-corrected chi connectivity index (χ1v) is 7.14. The number of benzene rings is 1. The van der Waals surface area contributed by atoms with E-state index in [0.29, 0.717) is 6.54 Å². The molecule has 0 radical (unpaired) electrons. The maximum absolute atomic E-state index is 11.9. The van der Waals surface area contributed by atoms with Crippen molar-refractivity contribution in [3.05, 3.63) is 22.7 Å². The van der Waals surface area contributed by atoms with E-state index in [1.54, 1.807) is 0 Å². The summed E-state index contributed by atoms with van der Waals surface area (Å²) >= 11 is 3.42. The van der Waals surface area contributed by atoms with E-state index in [0.717, 1.165) is 15.9 Å². The van der Waals surface area contributed by atoms with Crippen LogP contribution < -0.4 is 15.4 Å². The lowest BCUT2D eigenvalue weighted by Crippen LogP contribution is -2.28. The van der Waals surface area contributed by atoms with Crippen LogP contribution in [0, 0.1) is 5.92 Å². The van der Waals surface area contributed by atoms with Gasteiger partial charge in [-0.15, -0.1) is 0 Å². The molecular formula is C14H21BrN2O2. The zero-order valence-electron chi connectivity index (χ0n) is 11.8. The molecule has 1 aromatic rings. The Morgan fingerprint density at radius 3 is 2.58 bits per heavy atom. The van der Waals surface area contributed by atoms with Crippen molar-refractivity contribution in [2.75, 3.05) is 18.9 Å². The topological polar surface area (TPSA) is 50.4 Å². The van der Waals surface area contributed by atoms with Crippen LogP contribution in [-0.2, 0) is 4.79 Å². The Morgan fingerprint density at radius 2 is 2.00 bits per heavy atom. The SMILES string of the molecule is CNCC(C)C(=O)Nc1cc(Br)cc(OC(C)C)c1. The molecular weight excluding hydrogens is 308 g/mol. The van der Waals surface area contributed by atoms with Crippen molar-refractivity contribution >= 4 is 27.5 Å². The predicted octanol–water partition coefficient (Wildman–Crippen LogP) is 3.03. The third-order valence-electron chi connectivity index (χ3n) is 2.47. The van der Waals surface area contributed by atoms with Crippen molar-refractivity contribution in [2.45, 2.75) is 26.9 Å². The van der Waals surface area contributed by atoms with Gasteiger partial charge in [0, 0.05) is 28.7 Å². The highest BCUT2D eigenvalue weighted by molar-refractivity contribution is 9.10. The zero-order valence-corrected chi connectivity index (χ0v) is 13.4. The van der Waals surface area contributed by atoms with Crippen LogP contribution in [0.5, 0.6) is 5.75 Å². The van der Waals surface area contributed by atoms with Gasteiger partial charge in [0.1, 0.15) is 5.75 Å². The molecule has 0 saturated heterocycles. The van der Waals surface area contributed by atoms with Gasteiger partial charge in [0.2, 0.25) is 5.91 Å². The molecule has 0 aliphatic heterocycles. The van der Waals surface area contributed by atoms with Crippen LogP contribution in [0.1, 0.15) is 20.8 Å². The fourth-order valence-electron chi connectivity index (χ4n) is 1.64. The molecule has 2 N–H and O–H groups in total. The van der Waals surface area contributed by atoms with E-state index in [-0.39, 0.29) is 17.9 Å². The summed E-state index contributed by atoms with van der Waals surface area (Å²) in [4.78, 5) is 11.9. The number of anilines is 1. The molecule has 0 aliphatic carbocycles. The van der Waals surface area contributed by atoms with Gasteiger partial charge >= 0.3 is 0 Å². The van der Waals surface area contributed by atoms with Crippen LogP contribution in [0.3, 0.4) is 0 Å². The lowest BCUT2D eigenvalue weighted by Gasteiger charge is -2.14. The van der Waals surface area contributed by atoms with Crippen LogP contribution in [0.25, 0.3) is 0 Å². The molecule has 1 atom stereocenters. The summed E-state index contributed by atoms with van der Waals surface area (Å²) in [6, 6.07) is 5.57. The summed E-state index contributed by atoms with van der Waals surface area (Å²) in [5, 5.41) is 5.88. The summed E-state index contributed by atoms with van der Waals surface area (Å²) in [5.41, 5.74) is 0.734. The molecule has 1 unspecified atom stereocenters. The largest absolute Gasteiger partial charge is 0.491 e. The molecule has 19 heavy (non-hydrogen) atoms. The van der Waals surface area contributed by atoms with Gasteiger partial charge in [-0.05, 0) is 33.0 Å². The Hall–Kier alpha value is -1.07. The smallest absolute Gasteiger partial charge is 0.228 e. The number of hydrogen-bond acceptors (Lipinski definition) is 3. The highest BCUT2D eigenvalue weighted by atomic mass is 79.9. The van der Waals surface area contributed by atoms with Gasteiger partial charge in [0.25, 0.3) is 0 Å². The molecule has 0 spiro atoms. The third-order valence-corrected chi connectivity index (χ3v) is 2.93. The van der Waals surface area contributed by atoms with Gasteiger partial charge in [-0.25, -0.2) is 0 Å². The molecule has 1 aromatic carbocycles. The van der Waals surface area contributed by atoms with Crippen molar-refractivity contribution in [3.8, 4) is 5.75 Å². The first-order chi connectivity index (χ1) is 8.92. The quantitative estimate of drug-likeness (QED) is 0.843. The summed E-state index contributed by atoms with van der Waals surface area (Å²) in [7, 11) is 1.83. The van der Waals surface area contributed by atoms with E-state index < -0.39 is 0 Å². The predicted molar refractivity (Wildman–Crippen MR) is 81.6 cm³/mol. The average Bonchev–Trinajstić information content (AvgIpc) is 2.27. The molecule has 1 rings (SSSR count). The van der Waals surface area contributed by atoms with Crippen molar-refractivity contribution in [1.82, 2.24) is 5.32 Å². The highest BCUT2D eigenvalue weighted by Gasteiger charge is 2.12. The van der Waals surface area contributed by atoms with E-state index in [1.807, 2.05) is 46.0 Å². The van der Waals surface area contributed by atoms with Crippen molar-refractivity contribution in [2.24, 2.45) is 5.92 Å². The number of halogens is 1. The zero-order chi connectivity index (χ0) is 14.4. The molecule has 0 bridgehead atoms. The van der Waals surface area contributed by atoms with Crippen molar-refractivity contribution in [1.29, 1.82) is 0 Å². The summed E-state index contributed by atoms with van der Waals surface area (Å²) in [6.45, 7) is 6.47. The van der Waals surface area contributed by atoms with Crippen molar-refractivity contribution < 1.29 is 9.53 Å². The maximum atomic E-state index is 11.9. The summed E-state index contributed by atoms with van der Waals surface area (Å²) < 4.78 is 6.51. The van der Waals surface area contributed by atoms with E-state index in [1.165, 1.54) is 0 Å². The minimum absolute atomic E-state index is 0.0112. The molecule has 1 amide bonds. The monoisotopic (exact) mass is 328 g/mol. The second kappa shape index (κ2) is 7.50.